The fourth-order valence-corrected chi connectivity index (χ4v) is 6.57. The Kier molecular flexibility index (Phi) is 11.4. The number of nitrogens with one attached hydrogen (secondary N) is 4. The van der Waals surface area contributed by atoms with Gasteiger partial charge in [-0.3, -0.25) is 14.4 Å². The van der Waals surface area contributed by atoms with Crippen LogP contribution >= 0.6 is 12.2 Å². The van der Waals surface area contributed by atoms with E-state index in [0.717, 1.165) is 6.07 Å². The second-order valence-corrected chi connectivity index (χ2v) is 13.2. The number of amides is 3. The number of benzene rings is 2. The third-order valence-corrected chi connectivity index (χ3v) is 9.78. The minimum Gasteiger partial charge on any atom is -0.497 e. The number of aryl methyl sites for hydroxylation is 1. The number of carbonyl (C=O) groups excluding carboxylic acids is 3. The van der Waals surface area contributed by atoms with Crippen LogP contribution in [-0.4, -0.2) is 52.4 Å². The molecule has 1 aliphatic carbocycles. The molecular formula is C35H44F3N5O4S. The normalized spacial score (nSPS) is 18.6. The predicted molar refractivity (Wildman–Crippen MR) is 182 cm³/mol. The molecule has 3 aromatic rings. The summed E-state index contributed by atoms with van der Waals surface area (Å²) in [6, 6.07) is 9.28. The summed E-state index contributed by atoms with van der Waals surface area (Å²) in [5.74, 6) is -1.36. The first-order chi connectivity index (χ1) is 22.6. The number of carbonyl (C=O) groups is 3. The van der Waals surface area contributed by atoms with Gasteiger partial charge in [-0.1, -0.05) is 77.0 Å². The van der Waals surface area contributed by atoms with Gasteiger partial charge < -0.3 is 31.4 Å². The van der Waals surface area contributed by atoms with Crippen LogP contribution in [0.4, 0.5) is 13.2 Å². The van der Waals surface area contributed by atoms with Crippen LogP contribution in [0.3, 0.4) is 0 Å². The summed E-state index contributed by atoms with van der Waals surface area (Å²) in [5.41, 5.74) is 5.34. The zero-order chi connectivity index (χ0) is 35.4. The number of rotatable bonds is 13. The van der Waals surface area contributed by atoms with Crippen LogP contribution in [0.1, 0.15) is 69.3 Å². The average Bonchev–Trinajstić information content (AvgIpc) is 3.42. The summed E-state index contributed by atoms with van der Waals surface area (Å²) in [6.45, 7) is 7.54. The van der Waals surface area contributed by atoms with Crippen molar-refractivity contribution in [3.63, 3.8) is 0 Å². The summed E-state index contributed by atoms with van der Waals surface area (Å²) < 4.78 is 47.1. The zero-order valence-electron chi connectivity index (χ0n) is 27.8. The van der Waals surface area contributed by atoms with E-state index in [2.05, 4.69) is 20.9 Å². The van der Waals surface area contributed by atoms with E-state index in [1.54, 1.807) is 30.3 Å². The number of H-pyrrole nitrogens is 1. The first-order valence-electron chi connectivity index (χ1n) is 16.2. The standard InChI is InChI=1S/C35H44F3N5O4S/c1-6-19(3)28(31(39)48)42-33(46)34(15-14-26-24(18-34)23-12-9-13-25(30(23)40-26)35(36,37)38)43-32(45)29(20(4)7-2)41-27(44)17-21-10-8-11-22(16-21)47-5/h8-13,16,19-20,28-29,40H,6-7,14-15,17-18H2,1-5H3,(H2,39,48)(H,41,44)(H,42,46)(H,43,45)/t19-,20?,28?,29-,34+/m0/s1. The lowest BCUT2D eigenvalue weighted by atomic mass is 9.78. The van der Waals surface area contributed by atoms with Gasteiger partial charge in [0.25, 0.3) is 0 Å². The number of hydrogen-bond acceptors (Lipinski definition) is 5. The fraction of sp³-hybridized carbons (Fsp3) is 0.486. The largest absolute Gasteiger partial charge is 0.497 e. The number of nitrogens with two attached hydrogens (primary N) is 1. The molecule has 3 amide bonds. The van der Waals surface area contributed by atoms with Crippen LogP contribution in [0.15, 0.2) is 42.5 Å². The molecule has 13 heteroatoms. The minimum atomic E-state index is -4.59. The second-order valence-electron chi connectivity index (χ2n) is 12.8. The van der Waals surface area contributed by atoms with E-state index in [9.17, 15) is 27.6 Å². The molecule has 5 atom stereocenters. The van der Waals surface area contributed by atoms with E-state index in [-0.39, 0.29) is 48.0 Å². The molecule has 0 aliphatic heterocycles. The molecule has 6 N–H and O–H groups in total. The Labute approximate surface area is 283 Å². The molecule has 1 aliphatic rings. The molecule has 0 saturated carbocycles. The number of thiocarbonyl (C=S) groups is 1. The van der Waals surface area contributed by atoms with Crippen molar-refractivity contribution in [1.29, 1.82) is 0 Å². The van der Waals surface area contributed by atoms with Crippen LogP contribution in [0.25, 0.3) is 10.9 Å². The molecule has 9 nitrogen and oxygen atoms in total. The molecule has 1 heterocycles. The van der Waals surface area contributed by atoms with Crippen molar-refractivity contribution in [2.24, 2.45) is 17.6 Å². The van der Waals surface area contributed by atoms with Gasteiger partial charge >= 0.3 is 6.18 Å². The maximum atomic E-state index is 14.3. The van der Waals surface area contributed by atoms with Gasteiger partial charge in [0.2, 0.25) is 17.7 Å². The summed E-state index contributed by atoms with van der Waals surface area (Å²) in [7, 11) is 1.53. The molecule has 0 spiro atoms. The van der Waals surface area contributed by atoms with Gasteiger partial charge in [0, 0.05) is 17.5 Å². The molecule has 260 valence electrons. The van der Waals surface area contributed by atoms with Gasteiger partial charge in [-0.25, -0.2) is 0 Å². The smallest absolute Gasteiger partial charge is 0.418 e. The molecule has 48 heavy (non-hydrogen) atoms. The van der Waals surface area contributed by atoms with Gasteiger partial charge in [0.05, 0.1) is 35.6 Å². The van der Waals surface area contributed by atoms with Crippen molar-refractivity contribution in [2.45, 2.75) is 90.0 Å². The number of aromatic amines is 1. The molecule has 0 radical (unpaired) electrons. The Hall–Kier alpha value is -4.13. The zero-order valence-corrected chi connectivity index (χ0v) is 28.7. The highest BCUT2D eigenvalue weighted by molar-refractivity contribution is 7.80. The summed E-state index contributed by atoms with van der Waals surface area (Å²) in [6.07, 6.45) is -3.22. The predicted octanol–water partition coefficient (Wildman–Crippen LogP) is 5.13. The molecule has 0 bridgehead atoms. The topological polar surface area (TPSA) is 138 Å². The third-order valence-electron chi connectivity index (χ3n) is 9.53. The van der Waals surface area contributed by atoms with Crippen LogP contribution in [0.2, 0.25) is 0 Å². The number of para-hydroxylation sites is 1. The molecule has 2 unspecified atom stereocenters. The van der Waals surface area contributed by atoms with Gasteiger partial charge in [-0.05, 0) is 54.0 Å². The van der Waals surface area contributed by atoms with Crippen molar-refractivity contribution < 1.29 is 32.3 Å². The number of alkyl halides is 3. The summed E-state index contributed by atoms with van der Waals surface area (Å²) in [4.78, 5) is 44.8. The Morgan fingerprint density at radius 1 is 1.04 bits per heavy atom. The lowest BCUT2D eigenvalue weighted by Gasteiger charge is -2.40. The maximum absolute atomic E-state index is 14.3. The van der Waals surface area contributed by atoms with E-state index in [1.807, 2.05) is 27.7 Å². The van der Waals surface area contributed by atoms with Gasteiger partial charge in [-0.15, -0.1) is 0 Å². The van der Waals surface area contributed by atoms with Crippen molar-refractivity contribution in [2.75, 3.05) is 7.11 Å². The average molecular weight is 688 g/mol. The maximum Gasteiger partial charge on any atom is 0.418 e. The minimum absolute atomic E-state index is 0.00614. The van der Waals surface area contributed by atoms with Crippen molar-refractivity contribution in [1.82, 2.24) is 20.9 Å². The third kappa shape index (κ3) is 7.94. The summed E-state index contributed by atoms with van der Waals surface area (Å²) in [5, 5.41) is 9.10. The number of halogens is 3. The van der Waals surface area contributed by atoms with E-state index in [0.29, 0.717) is 40.8 Å². The number of methoxy groups -OCH3 is 1. The quantitative estimate of drug-likeness (QED) is 0.158. The van der Waals surface area contributed by atoms with E-state index >= 15 is 0 Å². The molecule has 2 aromatic carbocycles. The van der Waals surface area contributed by atoms with Crippen molar-refractivity contribution in [3.8, 4) is 5.75 Å². The molecule has 0 fully saturated rings. The Balaban J connectivity index is 1.71. The molecule has 4 rings (SSSR count). The highest BCUT2D eigenvalue weighted by atomic mass is 32.1. The van der Waals surface area contributed by atoms with Gasteiger partial charge in [0.1, 0.15) is 17.3 Å². The van der Waals surface area contributed by atoms with Crippen LogP contribution in [0, 0.1) is 11.8 Å². The molecule has 0 saturated heterocycles. The number of ether oxygens (including phenoxy) is 1. The van der Waals surface area contributed by atoms with E-state index in [1.165, 1.54) is 13.2 Å². The van der Waals surface area contributed by atoms with Gasteiger partial charge in [-0.2, -0.15) is 13.2 Å². The van der Waals surface area contributed by atoms with Crippen molar-refractivity contribution in [3.05, 3.63) is 64.8 Å². The highest BCUT2D eigenvalue weighted by Crippen LogP contribution is 2.40. The lowest BCUT2D eigenvalue weighted by molar-refractivity contribution is -0.137. The monoisotopic (exact) mass is 687 g/mol. The van der Waals surface area contributed by atoms with Crippen LogP contribution in [-0.2, 0) is 39.8 Å². The number of fused-ring (bicyclic) bond motifs is 3. The summed E-state index contributed by atoms with van der Waals surface area (Å²) >= 11 is 5.28. The van der Waals surface area contributed by atoms with E-state index in [4.69, 9.17) is 22.7 Å². The van der Waals surface area contributed by atoms with Gasteiger partial charge in [0.15, 0.2) is 0 Å². The fourth-order valence-electron chi connectivity index (χ4n) is 6.28. The Morgan fingerprint density at radius 2 is 1.71 bits per heavy atom. The van der Waals surface area contributed by atoms with Crippen LogP contribution < -0.4 is 26.4 Å². The van der Waals surface area contributed by atoms with Crippen molar-refractivity contribution >= 4 is 45.8 Å². The SMILES string of the molecule is CCC(C)[C@H](NC(=O)Cc1cccc(OC)c1)C(=O)N[C@]1(C(=O)NC(C(N)=S)[C@@H](C)CC)CCc2[nH]c3c(C(F)(F)F)cccc3c2C1. The Bertz CT molecular complexity index is 1680. The first-order valence-corrected chi connectivity index (χ1v) is 16.6. The second kappa shape index (κ2) is 15.0. The molecule has 1 aromatic heterocycles. The van der Waals surface area contributed by atoms with Crippen LogP contribution in [0.5, 0.6) is 5.75 Å². The number of hydrogen-bond donors (Lipinski definition) is 5. The first kappa shape index (κ1) is 36.7. The number of aromatic nitrogens is 1. The Morgan fingerprint density at radius 3 is 2.33 bits per heavy atom. The molecular weight excluding hydrogens is 643 g/mol. The van der Waals surface area contributed by atoms with E-state index < -0.39 is 47.1 Å². The highest BCUT2D eigenvalue weighted by Gasteiger charge is 2.47. The lowest BCUT2D eigenvalue weighted by Crippen LogP contribution is -2.67.